The van der Waals surface area contributed by atoms with Gasteiger partial charge in [-0.3, -0.25) is 15.0 Å². The van der Waals surface area contributed by atoms with E-state index in [0.717, 1.165) is 0 Å². The summed E-state index contributed by atoms with van der Waals surface area (Å²) in [6, 6.07) is 0. The number of hydrogen-bond acceptors (Lipinski definition) is 4. The predicted octanol–water partition coefficient (Wildman–Crippen LogP) is -0.00480. The molecule has 0 aromatic carbocycles. The number of likely N-dealkylation sites (N-methyl/N-ethyl adjacent to an activating group) is 1. The molecular formula is C10H17N5O2. The number of amides is 2. The van der Waals surface area contributed by atoms with Gasteiger partial charge in [0.2, 0.25) is 0 Å². The van der Waals surface area contributed by atoms with Crippen molar-refractivity contribution < 1.29 is 9.59 Å². The molecule has 0 aliphatic rings. The minimum absolute atomic E-state index is 0.392. The lowest BCUT2D eigenvalue weighted by Gasteiger charge is -2.34. The molecule has 7 heteroatoms. The van der Waals surface area contributed by atoms with Crippen LogP contribution in [0.1, 0.15) is 27.7 Å². The van der Waals surface area contributed by atoms with Crippen LogP contribution in [-0.2, 0) is 9.59 Å². The summed E-state index contributed by atoms with van der Waals surface area (Å²) in [6.45, 7) is 7.93. The third kappa shape index (κ3) is 3.27. The van der Waals surface area contributed by atoms with Crippen LogP contribution in [0, 0.1) is 0 Å². The summed E-state index contributed by atoms with van der Waals surface area (Å²) in [5.41, 5.74) is 1.98. The van der Waals surface area contributed by atoms with Crippen molar-refractivity contribution in [3.05, 3.63) is 12.7 Å². The lowest BCUT2D eigenvalue weighted by atomic mass is 10.1. The fraction of sp³-hybridized carbons (Fsp3) is 0.600. The Morgan fingerprint density at radius 2 is 1.82 bits per heavy atom. The van der Waals surface area contributed by atoms with E-state index in [-0.39, 0.29) is 0 Å². The molecule has 0 saturated carbocycles. The zero-order valence-electron chi connectivity index (χ0n) is 10.5. The molecule has 2 amide bonds. The highest BCUT2D eigenvalue weighted by Gasteiger charge is 2.29. The Balaban J connectivity index is 2.72. The highest BCUT2D eigenvalue weighted by atomic mass is 16.2. The molecule has 0 radical (unpaired) electrons. The molecule has 0 fully saturated rings. The van der Waals surface area contributed by atoms with Gasteiger partial charge < -0.3 is 4.90 Å². The monoisotopic (exact) mass is 239 g/mol. The summed E-state index contributed by atoms with van der Waals surface area (Å²) in [5, 5.41) is 7.04. The maximum absolute atomic E-state index is 11.9. The van der Waals surface area contributed by atoms with E-state index in [9.17, 15) is 9.59 Å². The Morgan fingerprint density at radius 1 is 1.29 bits per heavy atom. The highest BCUT2D eigenvalue weighted by molar-refractivity contribution is 6.38. The van der Waals surface area contributed by atoms with Gasteiger partial charge in [-0.15, -0.1) is 10.2 Å². The van der Waals surface area contributed by atoms with Gasteiger partial charge in [-0.05, 0) is 27.7 Å². The Hall–Kier alpha value is -1.92. The van der Waals surface area contributed by atoms with Crippen molar-refractivity contribution in [2.45, 2.75) is 33.2 Å². The van der Waals surface area contributed by atoms with E-state index < -0.39 is 17.4 Å². The maximum atomic E-state index is 11.9. The van der Waals surface area contributed by atoms with Crippen molar-refractivity contribution >= 4 is 11.8 Å². The number of carbonyl (C=O) groups is 2. The Kier molecular flexibility index (Phi) is 3.82. The molecule has 1 N–H and O–H groups in total. The van der Waals surface area contributed by atoms with Crippen molar-refractivity contribution in [3.8, 4) is 0 Å². The Bertz CT molecular complexity index is 393. The van der Waals surface area contributed by atoms with Crippen molar-refractivity contribution in [3.63, 3.8) is 0 Å². The molecule has 1 heterocycles. The minimum atomic E-state index is -0.707. The number of nitrogens with zero attached hydrogens (tertiary/aromatic N) is 4. The summed E-state index contributed by atoms with van der Waals surface area (Å²) in [5.74, 6) is -1.28. The Labute approximate surface area is 99.8 Å². The van der Waals surface area contributed by atoms with Crippen LogP contribution in [0.2, 0.25) is 0 Å². The average molecular weight is 239 g/mol. The van der Waals surface area contributed by atoms with Crippen LogP contribution < -0.4 is 5.43 Å². The quantitative estimate of drug-likeness (QED) is 0.736. The van der Waals surface area contributed by atoms with E-state index in [4.69, 9.17) is 0 Å². The average Bonchev–Trinajstić information content (AvgIpc) is 2.69. The number of rotatable bonds is 2. The van der Waals surface area contributed by atoms with Gasteiger partial charge in [0.15, 0.2) is 0 Å². The topological polar surface area (TPSA) is 80.1 Å². The Morgan fingerprint density at radius 3 is 2.24 bits per heavy atom. The second kappa shape index (κ2) is 4.94. The van der Waals surface area contributed by atoms with Crippen molar-refractivity contribution in [2.75, 3.05) is 12.0 Å². The standard InChI is InChI=1S/C10H17N5O2/c1-5-15(10(2,3)4)9(17)8(16)13-14-6-11-12-7-14/h6-7H,5H2,1-4H3,(H,13,16). The molecule has 1 rings (SSSR count). The fourth-order valence-electron chi connectivity index (χ4n) is 1.47. The molecule has 1 aromatic rings. The van der Waals surface area contributed by atoms with Gasteiger partial charge in [0.25, 0.3) is 0 Å². The van der Waals surface area contributed by atoms with Gasteiger partial charge in [-0.1, -0.05) is 0 Å². The molecule has 94 valence electrons. The molecule has 0 spiro atoms. The van der Waals surface area contributed by atoms with Crippen molar-refractivity contribution in [1.82, 2.24) is 19.8 Å². The van der Waals surface area contributed by atoms with Crippen LogP contribution in [0.4, 0.5) is 0 Å². The number of hydrogen-bond donors (Lipinski definition) is 1. The zero-order chi connectivity index (χ0) is 13.1. The van der Waals surface area contributed by atoms with E-state index in [1.165, 1.54) is 22.2 Å². The molecular weight excluding hydrogens is 222 g/mol. The first-order valence-electron chi connectivity index (χ1n) is 5.34. The van der Waals surface area contributed by atoms with Crippen molar-refractivity contribution in [1.29, 1.82) is 0 Å². The molecule has 0 unspecified atom stereocenters. The highest BCUT2D eigenvalue weighted by Crippen LogP contribution is 2.12. The van der Waals surface area contributed by atoms with Gasteiger partial charge >= 0.3 is 11.8 Å². The first-order valence-corrected chi connectivity index (χ1v) is 5.34. The lowest BCUT2D eigenvalue weighted by molar-refractivity contribution is -0.146. The van der Waals surface area contributed by atoms with E-state index >= 15 is 0 Å². The number of nitrogens with one attached hydrogen (secondary N) is 1. The van der Waals surface area contributed by atoms with E-state index in [1.807, 2.05) is 27.7 Å². The second-order valence-electron chi connectivity index (χ2n) is 4.53. The van der Waals surface area contributed by atoms with Crippen LogP contribution in [-0.4, -0.2) is 43.7 Å². The van der Waals surface area contributed by atoms with E-state index in [1.54, 1.807) is 0 Å². The minimum Gasteiger partial charge on any atom is -0.330 e. The summed E-state index contributed by atoms with van der Waals surface area (Å²) >= 11 is 0. The first-order chi connectivity index (χ1) is 7.86. The van der Waals surface area contributed by atoms with Crippen molar-refractivity contribution in [2.24, 2.45) is 0 Å². The predicted molar refractivity (Wildman–Crippen MR) is 61.5 cm³/mol. The molecule has 7 nitrogen and oxygen atoms in total. The molecule has 0 saturated heterocycles. The number of carbonyl (C=O) groups excluding carboxylic acids is 2. The third-order valence-electron chi connectivity index (χ3n) is 2.21. The lowest BCUT2D eigenvalue weighted by Crippen LogP contribution is -2.50. The van der Waals surface area contributed by atoms with Gasteiger partial charge in [-0.25, -0.2) is 4.68 Å². The molecule has 0 aliphatic carbocycles. The van der Waals surface area contributed by atoms with Crippen LogP contribution in [0.5, 0.6) is 0 Å². The maximum Gasteiger partial charge on any atom is 0.328 e. The van der Waals surface area contributed by atoms with E-state index in [0.29, 0.717) is 6.54 Å². The normalized spacial score (nSPS) is 11.1. The first kappa shape index (κ1) is 13.1. The molecule has 1 aromatic heterocycles. The van der Waals surface area contributed by atoms with Crippen LogP contribution in [0.3, 0.4) is 0 Å². The smallest absolute Gasteiger partial charge is 0.328 e. The number of aromatic nitrogens is 3. The van der Waals surface area contributed by atoms with E-state index in [2.05, 4.69) is 15.6 Å². The van der Waals surface area contributed by atoms with Gasteiger partial charge in [0.05, 0.1) is 0 Å². The largest absolute Gasteiger partial charge is 0.330 e. The van der Waals surface area contributed by atoms with Crippen LogP contribution in [0.15, 0.2) is 12.7 Å². The summed E-state index contributed by atoms with van der Waals surface area (Å²) in [6.07, 6.45) is 2.61. The summed E-state index contributed by atoms with van der Waals surface area (Å²) in [4.78, 5) is 25.1. The summed E-state index contributed by atoms with van der Waals surface area (Å²) in [7, 11) is 0. The third-order valence-corrected chi connectivity index (χ3v) is 2.21. The van der Waals surface area contributed by atoms with Gasteiger partial charge in [0.1, 0.15) is 12.7 Å². The SMILES string of the molecule is CCN(C(=O)C(=O)Nn1cnnc1)C(C)(C)C. The van der Waals surface area contributed by atoms with Crippen LogP contribution >= 0.6 is 0 Å². The molecule has 17 heavy (non-hydrogen) atoms. The molecule has 0 atom stereocenters. The molecule has 0 bridgehead atoms. The van der Waals surface area contributed by atoms with Gasteiger partial charge in [-0.2, -0.15) is 0 Å². The molecule has 0 aliphatic heterocycles. The zero-order valence-corrected chi connectivity index (χ0v) is 10.5. The van der Waals surface area contributed by atoms with Gasteiger partial charge in [0, 0.05) is 12.1 Å². The fourth-order valence-corrected chi connectivity index (χ4v) is 1.47. The second-order valence-corrected chi connectivity index (χ2v) is 4.53. The van der Waals surface area contributed by atoms with Crippen LogP contribution in [0.25, 0.3) is 0 Å². The summed E-state index contributed by atoms with van der Waals surface area (Å²) < 4.78 is 1.23.